The van der Waals surface area contributed by atoms with Crippen molar-refractivity contribution < 1.29 is 9.84 Å². The summed E-state index contributed by atoms with van der Waals surface area (Å²) in [6.45, 7) is 6.23. The maximum absolute atomic E-state index is 9.54. The number of aliphatic hydroxyl groups excluding tert-OH is 1. The second-order valence-electron chi connectivity index (χ2n) is 8.48. The van der Waals surface area contributed by atoms with Crippen LogP contribution in [-0.2, 0) is 6.54 Å². The summed E-state index contributed by atoms with van der Waals surface area (Å²) < 4.78 is 6.11. The Morgan fingerprint density at radius 1 is 1.25 bits per heavy atom. The summed E-state index contributed by atoms with van der Waals surface area (Å²) in [4.78, 5) is 2.49. The zero-order valence-corrected chi connectivity index (χ0v) is 17.4. The predicted molar refractivity (Wildman–Crippen MR) is 115 cm³/mol. The van der Waals surface area contributed by atoms with Gasteiger partial charge in [-0.1, -0.05) is 35.9 Å². The Morgan fingerprint density at radius 2 is 2.04 bits per heavy atom. The molecule has 0 amide bonds. The molecule has 4 nitrogen and oxygen atoms in total. The second-order valence-corrected chi connectivity index (χ2v) is 8.89. The lowest BCUT2D eigenvalue weighted by Gasteiger charge is -2.34. The molecule has 0 bridgehead atoms. The van der Waals surface area contributed by atoms with E-state index in [9.17, 15) is 5.11 Å². The van der Waals surface area contributed by atoms with Crippen LogP contribution in [0.25, 0.3) is 10.8 Å². The summed E-state index contributed by atoms with van der Waals surface area (Å²) in [6.07, 6.45) is 4.57. The fraction of sp³-hybridized carbons (Fsp3) is 0.565. The van der Waals surface area contributed by atoms with Crippen molar-refractivity contribution in [2.75, 3.05) is 26.2 Å². The number of benzene rings is 2. The first-order chi connectivity index (χ1) is 13.6. The molecule has 1 aliphatic carbocycles. The van der Waals surface area contributed by atoms with Gasteiger partial charge >= 0.3 is 0 Å². The molecule has 0 aromatic heterocycles. The number of fused-ring (bicyclic) bond motifs is 1. The van der Waals surface area contributed by atoms with E-state index in [0.29, 0.717) is 18.5 Å². The third-order valence-corrected chi connectivity index (χ3v) is 6.08. The molecule has 1 saturated heterocycles. The van der Waals surface area contributed by atoms with Crippen LogP contribution in [0.5, 0.6) is 5.75 Å². The first-order valence-corrected chi connectivity index (χ1v) is 10.9. The van der Waals surface area contributed by atoms with Gasteiger partial charge in [0.1, 0.15) is 5.75 Å². The molecular weight excluding hydrogens is 372 g/mol. The number of rotatable bonds is 8. The Labute approximate surface area is 172 Å². The molecule has 2 aromatic rings. The van der Waals surface area contributed by atoms with Crippen molar-refractivity contribution in [3.05, 3.63) is 40.9 Å². The molecule has 2 atom stereocenters. The van der Waals surface area contributed by atoms with E-state index in [4.69, 9.17) is 16.3 Å². The Hall–Kier alpha value is -1.33. The standard InChI is InChI=1S/C23H31ClN2O2/c1-16(27)12-25-19-5-4-10-26(14-19)13-18-11-22(24)23(28-15-17-8-9-17)21-7-3-2-6-20(18)21/h2-3,6-7,11,16-17,19,25,27H,4-5,8-10,12-15H2,1H3. The van der Waals surface area contributed by atoms with Gasteiger partial charge in [-0.3, -0.25) is 4.90 Å². The van der Waals surface area contributed by atoms with E-state index in [0.717, 1.165) is 42.4 Å². The first kappa shape index (κ1) is 20.0. The third-order valence-electron chi connectivity index (χ3n) is 5.80. The molecule has 1 aliphatic heterocycles. The summed E-state index contributed by atoms with van der Waals surface area (Å²) in [5.74, 6) is 1.54. The summed E-state index contributed by atoms with van der Waals surface area (Å²) in [6, 6.07) is 11.0. The van der Waals surface area contributed by atoms with Crippen LogP contribution in [0.1, 0.15) is 38.2 Å². The molecule has 1 saturated carbocycles. The van der Waals surface area contributed by atoms with E-state index < -0.39 is 0 Å². The van der Waals surface area contributed by atoms with Gasteiger partial charge in [0.05, 0.1) is 17.7 Å². The average molecular weight is 403 g/mol. The summed E-state index contributed by atoms with van der Waals surface area (Å²) in [7, 11) is 0. The minimum atomic E-state index is -0.304. The van der Waals surface area contributed by atoms with Crippen LogP contribution >= 0.6 is 11.6 Å². The van der Waals surface area contributed by atoms with Crippen molar-refractivity contribution in [3.8, 4) is 5.75 Å². The second kappa shape index (κ2) is 9.00. The average Bonchev–Trinajstić information content (AvgIpc) is 3.51. The smallest absolute Gasteiger partial charge is 0.145 e. The number of ether oxygens (including phenoxy) is 1. The molecule has 2 fully saturated rings. The fourth-order valence-corrected chi connectivity index (χ4v) is 4.38. The molecule has 2 unspecified atom stereocenters. The number of likely N-dealkylation sites (tertiary alicyclic amines) is 1. The molecule has 0 radical (unpaired) electrons. The SMILES string of the molecule is CC(O)CNC1CCCN(Cc2cc(Cl)c(OCC3CC3)c3ccccc23)C1. The number of nitrogens with zero attached hydrogens (tertiary/aromatic N) is 1. The molecule has 2 aromatic carbocycles. The lowest BCUT2D eigenvalue weighted by atomic mass is 10.0. The highest BCUT2D eigenvalue weighted by atomic mass is 35.5. The van der Waals surface area contributed by atoms with Gasteiger partial charge in [0.2, 0.25) is 0 Å². The van der Waals surface area contributed by atoms with Crippen LogP contribution in [0, 0.1) is 5.92 Å². The molecule has 0 spiro atoms. The molecule has 2 aliphatic rings. The van der Waals surface area contributed by atoms with Crippen LogP contribution in [0.2, 0.25) is 5.02 Å². The van der Waals surface area contributed by atoms with E-state index in [2.05, 4.69) is 40.5 Å². The number of hydrogen-bond acceptors (Lipinski definition) is 4. The van der Waals surface area contributed by atoms with Crippen molar-refractivity contribution in [2.24, 2.45) is 5.92 Å². The number of hydrogen-bond donors (Lipinski definition) is 2. The van der Waals surface area contributed by atoms with Gasteiger partial charge in [-0.05, 0) is 62.1 Å². The molecule has 5 heteroatoms. The largest absolute Gasteiger partial charge is 0.491 e. The Kier molecular flexibility index (Phi) is 6.42. The molecule has 4 rings (SSSR count). The number of nitrogens with one attached hydrogen (secondary N) is 1. The van der Waals surface area contributed by atoms with Crippen molar-refractivity contribution in [1.29, 1.82) is 0 Å². The summed E-state index contributed by atoms with van der Waals surface area (Å²) >= 11 is 6.66. The van der Waals surface area contributed by atoms with Crippen LogP contribution < -0.4 is 10.1 Å². The van der Waals surface area contributed by atoms with Gasteiger partial charge in [0, 0.05) is 31.1 Å². The van der Waals surface area contributed by atoms with Crippen LogP contribution in [0.4, 0.5) is 0 Å². The minimum absolute atomic E-state index is 0.304. The van der Waals surface area contributed by atoms with Gasteiger partial charge in [0.25, 0.3) is 0 Å². The van der Waals surface area contributed by atoms with Crippen LogP contribution in [0.3, 0.4) is 0 Å². The first-order valence-electron chi connectivity index (χ1n) is 10.6. The zero-order chi connectivity index (χ0) is 19.5. The molecule has 28 heavy (non-hydrogen) atoms. The minimum Gasteiger partial charge on any atom is -0.491 e. The monoisotopic (exact) mass is 402 g/mol. The van der Waals surface area contributed by atoms with Gasteiger partial charge in [-0.2, -0.15) is 0 Å². The third kappa shape index (κ3) is 4.98. The van der Waals surface area contributed by atoms with E-state index in [1.807, 2.05) is 6.92 Å². The molecule has 1 heterocycles. The van der Waals surface area contributed by atoms with Crippen molar-refractivity contribution in [3.63, 3.8) is 0 Å². The van der Waals surface area contributed by atoms with Crippen LogP contribution in [0.15, 0.2) is 30.3 Å². The topological polar surface area (TPSA) is 44.7 Å². The number of piperidine rings is 1. The van der Waals surface area contributed by atoms with Crippen molar-refractivity contribution in [1.82, 2.24) is 10.2 Å². The predicted octanol–water partition coefficient (Wildman–Crippen LogP) is 4.22. The summed E-state index contributed by atoms with van der Waals surface area (Å²) in [5, 5.41) is 16.1. The highest BCUT2D eigenvalue weighted by Gasteiger charge is 2.24. The van der Waals surface area contributed by atoms with E-state index in [1.54, 1.807) is 0 Å². The van der Waals surface area contributed by atoms with Crippen LogP contribution in [-0.4, -0.2) is 48.4 Å². The fourth-order valence-electron chi connectivity index (χ4n) is 4.09. The normalized spacial score (nSPS) is 21.8. The van der Waals surface area contributed by atoms with Crippen molar-refractivity contribution in [2.45, 2.75) is 51.3 Å². The Morgan fingerprint density at radius 3 is 2.79 bits per heavy atom. The zero-order valence-electron chi connectivity index (χ0n) is 16.7. The van der Waals surface area contributed by atoms with Gasteiger partial charge in [0.15, 0.2) is 0 Å². The molecular formula is C23H31ClN2O2. The summed E-state index contributed by atoms with van der Waals surface area (Å²) in [5.41, 5.74) is 1.26. The molecule has 2 N–H and O–H groups in total. The van der Waals surface area contributed by atoms with Gasteiger partial charge < -0.3 is 15.2 Å². The maximum Gasteiger partial charge on any atom is 0.145 e. The highest BCUT2D eigenvalue weighted by Crippen LogP contribution is 2.38. The van der Waals surface area contributed by atoms with Gasteiger partial charge in [-0.15, -0.1) is 0 Å². The highest BCUT2D eigenvalue weighted by molar-refractivity contribution is 6.33. The van der Waals surface area contributed by atoms with E-state index in [-0.39, 0.29) is 6.10 Å². The Bertz CT molecular complexity index is 807. The lowest BCUT2D eigenvalue weighted by molar-refractivity contribution is 0.153. The Balaban J connectivity index is 1.51. The maximum atomic E-state index is 9.54. The van der Waals surface area contributed by atoms with Gasteiger partial charge in [-0.25, -0.2) is 0 Å². The molecule has 152 valence electrons. The van der Waals surface area contributed by atoms with Crippen molar-refractivity contribution >= 4 is 22.4 Å². The number of aliphatic hydroxyl groups is 1. The van der Waals surface area contributed by atoms with E-state index >= 15 is 0 Å². The van der Waals surface area contributed by atoms with E-state index in [1.165, 1.54) is 36.6 Å². The number of halogens is 1. The lowest BCUT2D eigenvalue weighted by Crippen LogP contribution is -2.46. The quantitative estimate of drug-likeness (QED) is 0.694.